The molecule has 2 nitrogen and oxygen atoms in total. The first-order chi connectivity index (χ1) is 5.77. The zero-order valence-corrected chi connectivity index (χ0v) is 7.75. The molecule has 1 N–H and O–H groups in total. The van der Waals surface area contributed by atoms with Gasteiger partial charge in [0, 0.05) is 25.5 Å². The van der Waals surface area contributed by atoms with Gasteiger partial charge in [0.25, 0.3) is 0 Å². The van der Waals surface area contributed by atoms with E-state index in [1.807, 2.05) is 0 Å². The minimum Gasteiger partial charge on any atom is -0.357 e. The normalized spacial score (nSPS) is 29.5. The van der Waals surface area contributed by atoms with Gasteiger partial charge in [-0.15, -0.1) is 0 Å². The van der Waals surface area contributed by atoms with Crippen LogP contribution in [-0.4, -0.2) is 11.1 Å². The third-order valence-electron chi connectivity index (χ3n) is 2.75. The Kier molecular flexibility index (Phi) is 1.93. The van der Waals surface area contributed by atoms with E-state index in [0.717, 1.165) is 5.92 Å². The van der Waals surface area contributed by atoms with Crippen LogP contribution in [-0.2, 0) is 7.05 Å². The molecule has 1 aromatic heterocycles. The summed E-state index contributed by atoms with van der Waals surface area (Å²) in [4.78, 5) is 0. The van der Waals surface area contributed by atoms with E-state index in [9.17, 15) is 0 Å². The molecule has 0 aliphatic carbocycles. The molecule has 0 saturated carbocycles. The van der Waals surface area contributed by atoms with E-state index in [-0.39, 0.29) is 0 Å². The van der Waals surface area contributed by atoms with Crippen molar-refractivity contribution in [2.75, 3.05) is 6.54 Å². The van der Waals surface area contributed by atoms with Crippen LogP contribution in [0, 0.1) is 5.92 Å². The van der Waals surface area contributed by atoms with Gasteiger partial charge in [0.15, 0.2) is 0 Å². The fourth-order valence-electron chi connectivity index (χ4n) is 1.99. The van der Waals surface area contributed by atoms with Crippen molar-refractivity contribution in [1.82, 2.24) is 9.88 Å². The van der Waals surface area contributed by atoms with Crippen LogP contribution in [0.4, 0.5) is 0 Å². The summed E-state index contributed by atoms with van der Waals surface area (Å²) in [5.74, 6) is 0.785. The van der Waals surface area contributed by atoms with E-state index in [0.29, 0.717) is 6.04 Å². The first kappa shape index (κ1) is 7.87. The quantitative estimate of drug-likeness (QED) is 0.668. The number of aryl methyl sites for hydroxylation is 1. The second-order valence-corrected chi connectivity index (χ2v) is 3.81. The van der Waals surface area contributed by atoms with Crippen molar-refractivity contribution in [1.29, 1.82) is 0 Å². The van der Waals surface area contributed by atoms with Gasteiger partial charge in [-0.1, -0.05) is 6.92 Å². The molecule has 1 aliphatic heterocycles. The molecule has 1 saturated heterocycles. The van der Waals surface area contributed by atoms with Crippen molar-refractivity contribution >= 4 is 0 Å². The number of nitrogens with one attached hydrogen (secondary N) is 1. The van der Waals surface area contributed by atoms with Crippen molar-refractivity contribution in [3.05, 3.63) is 24.0 Å². The fourth-order valence-corrected chi connectivity index (χ4v) is 1.99. The number of rotatable bonds is 1. The number of hydrogen-bond acceptors (Lipinski definition) is 1. The van der Waals surface area contributed by atoms with Gasteiger partial charge in [0.1, 0.15) is 0 Å². The predicted octanol–water partition coefficient (Wildman–Crippen LogP) is 1.70. The first-order valence-corrected chi connectivity index (χ1v) is 4.62. The molecule has 1 fully saturated rings. The molecule has 1 aromatic rings. The molecule has 0 spiro atoms. The Labute approximate surface area is 73.6 Å². The van der Waals surface area contributed by atoms with Gasteiger partial charge in [0.2, 0.25) is 0 Å². The molecule has 2 rings (SSSR count). The summed E-state index contributed by atoms with van der Waals surface area (Å²) in [6.07, 6.45) is 5.63. The Morgan fingerprint density at radius 1 is 1.58 bits per heavy atom. The summed E-state index contributed by atoms with van der Waals surface area (Å²) in [5, 5.41) is 3.52. The Bertz CT molecular complexity index is 265. The summed E-state index contributed by atoms with van der Waals surface area (Å²) in [5.41, 5.74) is 1.43. The predicted molar refractivity (Wildman–Crippen MR) is 49.9 cm³/mol. The molecule has 0 unspecified atom stereocenters. The van der Waals surface area contributed by atoms with Crippen LogP contribution in [0.3, 0.4) is 0 Å². The van der Waals surface area contributed by atoms with E-state index in [2.05, 4.69) is 42.3 Å². The van der Waals surface area contributed by atoms with Crippen molar-refractivity contribution in [3.8, 4) is 0 Å². The highest BCUT2D eigenvalue weighted by atomic mass is 15.0. The maximum absolute atomic E-state index is 3.52. The zero-order valence-electron chi connectivity index (χ0n) is 7.75. The van der Waals surface area contributed by atoms with Crippen molar-refractivity contribution in [3.63, 3.8) is 0 Å². The Balaban J connectivity index is 2.19. The van der Waals surface area contributed by atoms with Crippen LogP contribution in [0.2, 0.25) is 0 Å². The number of aromatic nitrogens is 1. The SMILES string of the molecule is C[C@@H]1CCN[C@H]1c1ccn(C)c1. The molecule has 1 aliphatic rings. The zero-order chi connectivity index (χ0) is 8.55. The van der Waals surface area contributed by atoms with Gasteiger partial charge >= 0.3 is 0 Å². The van der Waals surface area contributed by atoms with Crippen LogP contribution >= 0.6 is 0 Å². The monoisotopic (exact) mass is 164 g/mol. The molecule has 0 amide bonds. The molecule has 66 valence electrons. The average molecular weight is 164 g/mol. The third kappa shape index (κ3) is 1.27. The maximum Gasteiger partial charge on any atom is 0.0361 e. The van der Waals surface area contributed by atoms with Crippen LogP contribution in [0.25, 0.3) is 0 Å². The molecule has 12 heavy (non-hydrogen) atoms. The Hall–Kier alpha value is -0.760. The second-order valence-electron chi connectivity index (χ2n) is 3.81. The fraction of sp³-hybridized carbons (Fsp3) is 0.600. The van der Waals surface area contributed by atoms with Crippen molar-refractivity contribution in [2.24, 2.45) is 13.0 Å². The molecule has 2 atom stereocenters. The average Bonchev–Trinajstić information content (AvgIpc) is 2.58. The van der Waals surface area contributed by atoms with E-state index in [1.165, 1.54) is 18.5 Å². The van der Waals surface area contributed by atoms with E-state index < -0.39 is 0 Å². The van der Waals surface area contributed by atoms with Gasteiger partial charge in [-0.2, -0.15) is 0 Å². The highest BCUT2D eigenvalue weighted by molar-refractivity contribution is 5.17. The van der Waals surface area contributed by atoms with Crippen molar-refractivity contribution < 1.29 is 0 Å². The summed E-state index contributed by atoms with van der Waals surface area (Å²) in [6.45, 7) is 3.48. The largest absolute Gasteiger partial charge is 0.357 e. The molecular weight excluding hydrogens is 148 g/mol. The first-order valence-electron chi connectivity index (χ1n) is 4.62. The standard InChI is InChI=1S/C10H16N2/c1-8-3-5-11-10(8)9-4-6-12(2)7-9/h4,6-8,10-11H,3,5H2,1-2H3/t8-,10-/m1/s1. The molecule has 0 aromatic carbocycles. The van der Waals surface area contributed by atoms with Gasteiger partial charge < -0.3 is 9.88 Å². The van der Waals surface area contributed by atoms with Crippen molar-refractivity contribution in [2.45, 2.75) is 19.4 Å². The highest BCUT2D eigenvalue weighted by Crippen LogP contribution is 2.28. The van der Waals surface area contributed by atoms with Gasteiger partial charge in [-0.25, -0.2) is 0 Å². The molecule has 2 heterocycles. The number of nitrogens with zero attached hydrogens (tertiary/aromatic N) is 1. The second kappa shape index (κ2) is 2.94. The minimum absolute atomic E-state index is 0.589. The van der Waals surface area contributed by atoms with Crippen LogP contribution in [0.5, 0.6) is 0 Å². The minimum atomic E-state index is 0.589. The smallest absolute Gasteiger partial charge is 0.0361 e. The van der Waals surface area contributed by atoms with Crippen LogP contribution < -0.4 is 5.32 Å². The lowest BCUT2D eigenvalue weighted by molar-refractivity contribution is 0.503. The number of hydrogen-bond donors (Lipinski definition) is 1. The van der Waals surface area contributed by atoms with Gasteiger partial charge in [-0.3, -0.25) is 0 Å². The topological polar surface area (TPSA) is 17.0 Å². The summed E-state index contributed by atoms with van der Waals surface area (Å²) < 4.78 is 2.11. The Morgan fingerprint density at radius 3 is 2.92 bits per heavy atom. The lowest BCUT2D eigenvalue weighted by Gasteiger charge is -2.13. The Morgan fingerprint density at radius 2 is 2.42 bits per heavy atom. The maximum atomic E-state index is 3.52. The van der Waals surface area contributed by atoms with Crippen LogP contribution in [0.15, 0.2) is 18.5 Å². The molecule has 0 bridgehead atoms. The molecular formula is C10H16N2. The van der Waals surface area contributed by atoms with Gasteiger partial charge in [0.05, 0.1) is 0 Å². The van der Waals surface area contributed by atoms with Crippen LogP contribution in [0.1, 0.15) is 24.9 Å². The van der Waals surface area contributed by atoms with E-state index in [1.54, 1.807) is 0 Å². The summed E-state index contributed by atoms with van der Waals surface area (Å²) >= 11 is 0. The lowest BCUT2D eigenvalue weighted by Crippen LogP contribution is -2.15. The van der Waals surface area contributed by atoms with E-state index in [4.69, 9.17) is 0 Å². The summed E-state index contributed by atoms with van der Waals surface area (Å²) in [6, 6.07) is 2.80. The molecule has 2 heteroatoms. The highest BCUT2D eigenvalue weighted by Gasteiger charge is 2.24. The van der Waals surface area contributed by atoms with E-state index >= 15 is 0 Å². The summed E-state index contributed by atoms with van der Waals surface area (Å²) in [7, 11) is 2.07. The third-order valence-corrected chi connectivity index (χ3v) is 2.75. The lowest BCUT2D eigenvalue weighted by atomic mass is 9.98. The van der Waals surface area contributed by atoms with Gasteiger partial charge in [-0.05, 0) is 30.5 Å². The molecule has 0 radical (unpaired) electrons.